The van der Waals surface area contributed by atoms with E-state index in [0.717, 1.165) is 26.9 Å². The molecule has 0 aromatic heterocycles. The maximum absolute atomic E-state index is 5.31. The number of nitrogens with one attached hydrogen (secondary N) is 1. The summed E-state index contributed by atoms with van der Waals surface area (Å²) in [5, 5.41) is 3.43. The van der Waals surface area contributed by atoms with Crippen LogP contribution in [0.5, 0.6) is 5.75 Å². The van der Waals surface area contributed by atoms with Gasteiger partial charge in [-0.05, 0) is 96.8 Å². The van der Waals surface area contributed by atoms with Gasteiger partial charge >= 0.3 is 0 Å². The van der Waals surface area contributed by atoms with E-state index in [-0.39, 0.29) is 0 Å². The highest BCUT2D eigenvalue weighted by Gasteiger charge is 2.07. The standard InChI is InChI=1S/C15H14Br2INO/c1-9-3-4-11(7-14(9)18)19-8-10-5-12(16)15(20-2)13(17)6-10/h3-7,19H,8H2,1-2H3. The second kappa shape index (κ2) is 7.13. The number of hydrogen-bond donors (Lipinski definition) is 1. The van der Waals surface area contributed by atoms with Crippen LogP contribution in [0.4, 0.5) is 5.69 Å². The van der Waals surface area contributed by atoms with Gasteiger partial charge in [-0.2, -0.15) is 0 Å². The number of ether oxygens (including phenoxy) is 1. The lowest BCUT2D eigenvalue weighted by molar-refractivity contribution is 0.409. The van der Waals surface area contributed by atoms with Gasteiger partial charge in [-0.15, -0.1) is 0 Å². The number of methoxy groups -OCH3 is 1. The SMILES string of the molecule is COc1c(Br)cc(CNc2ccc(C)c(I)c2)cc1Br. The van der Waals surface area contributed by atoms with Gasteiger partial charge in [0.15, 0.2) is 0 Å². The third kappa shape index (κ3) is 3.89. The van der Waals surface area contributed by atoms with Gasteiger partial charge in [-0.3, -0.25) is 0 Å². The molecule has 0 fully saturated rings. The molecule has 2 aromatic rings. The van der Waals surface area contributed by atoms with Gasteiger partial charge < -0.3 is 10.1 Å². The Bertz CT molecular complexity index is 608. The van der Waals surface area contributed by atoms with Crippen molar-refractivity contribution in [2.24, 2.45) is 0 Å². The smallest absolute Gasteiger partial charge is 0.147 e. The van der Waals surface area contributed by atoms with Crippen LogP contribution in [0, 0.1) is 10.5 Å². The second-order valence-electron chi connectivity index (χ2n) is 4.41. The first kappa shape index (κ1) is 16.1. The highest BCUT2D eigenvalue weighted by atomic mass is 127. The molecule has 0 radical (unpaired) electrons. The summed E-state index contributed by atoms with van der Waals surface area (Å²) in [6.45, 7) is 2.88. The van der Waals surface area contributed by atoms with Crippen molar-refractivity contribution in [2.45, 2.75) is 13.5 Å². The summed E-state index contributed by atoms with van der Waals surface area (Å²) in [7, 11) is 1.66. The number of benzene rings is 2. The Hall–Kier alpha value is -0.270. The predicted molar refractivity (Wildman–Crippen MR) is 99.6 cm³/mol. The Kier molecular flexibility index (Phi) is 5.74. The van der Waals surface area contributed by atoms with Gasteiger partial charge in [0.2, 0.25) is 0 Å². The van der Waals surface area contributed by atoms with Crippen molar-refractivity contribution >= 4 is 60.1 Å². The molecular formula is C15H14Br2INO. The Morgan fingerprint density at radius 1 is 1.15 bits per heavy atom. The zero-order valence-corrected chi connectivity index (χ0v) is 16.5. The molecule has 2 aromatic carbocycles. The van der Waals surface area contributed by atoms with Gasteiger partial charge in [-0.25, -0.2) is 0 Å². The summed E-state index contributed by atoms with van der Waals surface area (Å²) in [4.78, 5) is 0. The number of anilines is 1. The van der Waals surface area contributed by atoms with Crippen molar-refractivity contribution in [3.63, 3.8) is 0 Å². The van der Waals surface area contributed by atoms with Crippen molar-refractivity contribution in [2.75, 3.05) is 12.4 Å². The Balaban J connectivity index is 2.13. The Morgan fingerprint density at radius 3 is 2.35 bits per heavy atom. The van der Waals surface area contributed by atoms with E-state index in [2.05, 4.69) is 97.0 Å². The first-order valence-corrected chi connectivity index (χ1v) is 8.69. The Labute approximate surface area is 149 Å². The fraction of sp³-hybridized carbons (Fsp3) is 0.200. The molecule has 106 valence electrons. The van der Waals surface area contributed by atoms with Crippen LogP contribution in [0.25, 0.3) is 0 Å². The predicted octanol–water partition coefficient (Wildman–Crippen LogP) is 5.75. The molecule has 0 aliphatic heterocycles. The average molecular weight is 511 g/mol. The molecule has 0 atom stereocenters. The Morgan fingerprint density at radius 2 is 1.80 bits per heavy atom. The minimum absolute atomic E-state index is 0.764. The monoisotopic (exact) mass is 509 g/mol. The maximum atomic E-state index is 5.31. The van der Waals surface area contributed by atoms with Crippen LogP contribution >= 0.6 is 54.5 Å². The molecule has 0 saturated heterocycles. The average Bonchev–Trinajstić information content (AvgIpc) is 2.40. The lowest BCUT2D eigenvalue weighted by Crippen LogP contribution is -2.00. The first-order valence-electron chi connectivity index (χ1n) is 6.03. The molecule has 2 rings (SSSR count). The van der Waals surface area contributed by atoms with E-state index >= 15 is 0 Å². The third-order valence-electron chi connectivity index (χ3n) is 2.93. The summed E-state index contributed by atoms with van der Waals surface area (Å²) in [5.74, 6) is 0.818. The molecule has 0 aliphatic carbocycles. The summed E-state index contributed by atoms with van der Waals surface area (Å²) in [6.07, 6.45) is 0. The number of halogens is 3. The maximum Gasteiger partial charge on any atom is 0.147 e. The van der Waals surface area contributed by atoms with Crippen molar-refractivity contribution < 1.29 is 4.74 Å². The minimum Gasteiger partial charge on any atom is -0.494 e. The zero-order chi connectivity index (χ0) is 14.7. The van der Waals surface area contributed by atoms with Crippen molar-refractivity contribution in [1.29, 1.82) is 0 Å². The lowest BCUT2D eigenvalue weighted by Gasteiger charge is -2.11. The van der Waals surface area contributed by atoms with Crippen LogP contribution < -0.4 is 10.1 Å². The van der Waals surface area contributed by atoms with Crippen LogP contribution in [-0.4, -0.2) is 7.11 Å². The van der Waals surface area contributed by atoms with Crippen LogP contribution in [0.15, 0.2) is 39.3 Å². The molecule has 0 spiro atoms. The summed E-state index contributed by atoms with van der Waals surface area (Å²) < 4.78 is 8.47. The summed E-state index contributed by atoms with van der Waals surface area (Å²) >= 11 is 9.40. The van der Waals surface area contributed by atoms with Crippen molar-refractivity contribution in [1.82, 2.24) is 0 Å². The fourth-order valence-corrected chi connectivity index (χ4v) is 3.94. The molecule has 5 heteroatoms. The van der Waals surface area contributed by atoms with E-state index in [1.54, 1.807) is 7.11 Å². The largest absolute Gasteiger partial charge is 0.494 e. The van der Waals surface area contributed by atoms with E-state index in [1.165, 1.54) is 14.7 Å². The molecular weight excluding hydrogens is 497 g/mol. The molecule has 0 amide bonds. The number of rotatable bonds is 4. The van der Waals surface area contributed by atoms with Crippen LogP contribution in [0.3, 0.4) is 0 Å². The topological polar surface area (TPSA) is 21.3 Å². The highest BCUT2D eigenvalue weighted by Crippen LogP contribution is 2.34. The summed E-state index contributed by atoms with van der Waals surface area (Å²) in [6, 6.07) is 10.5. The normalized spacial score (nSPS) is 10.4. The lowest BCUT2D eigenvalue weighted by atomic mass is 10.2. The van der Waals surface area contributed by atoms with Gasteiger partial charge in [0, 0.05) is 15.8 Å². The number of hydrogen-bond acceptors (Lipinski definition) is 2. The molecule has 0 aliphatic rings. The van der Waals surface area contributed by atoms with Crippen LogP contribution in [0.2, 0.25) is 0 Å². The zero-order valence-electron chi connectivity index (χ0n) is 11.1. The first-order chi connectivity index (χ1) is 9.51. The quantitative estimate of drug-likeness (QED) is 0.529. The van der Waals surface area contributed by atoms with Crippen molar-refractivity contribution in [3.05, 3.63) is 54.0 Å². The summed E-state index contributed by atoms with van der Waals surface area (Å²) in [5.41, 5.74) is 3.61. The van der Waals surface area contributed by atoms with E-state index in [9.17, 15) is 0 Å². The van der Waals surface area contributed by atoms with Gasteiger partial charge in [0.1, 0.15) is 5.75 Å². The van der Waals surface area contributed by atoms with Crippen molar-refractivity contribution in [3.8, 4) is 5.75 Å². The van der Waals surface area contributed by atoms with Gasteiger partial charge in [0.25, 0.3) is 0 Å². The molecule has 1 N–H and O–H groups in total. The van der Waals surface area contributed by atoms with E-state index < -0.39 is 0 Å². The van der Waals surface area contributed by atoms with E-state index in [1.807, 2.05) is 0 Å². The second-order valence-corrected chi connectivity index (χ2v) is 7.28. The molecule has 0 saturated carbocycles. The van der Waals surface area contributed by atoms with Gasteiger partial charge in [0.05, 0.1) is 16.1 Å². The van der Waals surface area contributed by atoms with E-state index in [4.69, 9.17) is 4.74 Å². The molecule has 0 unspecified atom stereocenters. The molecule has 0 heterocycles. The van der Waals surface area contributed by atoms with E-state index in [0.29, 0.717) is 0 Å². The molecule has 0 bridgehead atoms. The third-order valence-corrected chi connectivity index (χ3v) is 5.27. The van der Waals surface area contributed by atoms with Crippen LogP contribution in [0.1, 0.15) is 11.1 Å². The molecule has 2 nitrogen and oxygen atoms in total. The van der Waals surface area contributed by atoms with Gasteiger partial charge in [-0.1, -0.05) is 6.07 Å². The fourth-order valence-electron chi connectivity index (χ4n) is 1.82. The highest BCUT2D eigenvalue weighted by molar-refractivity contribution is 14.1. The minimum atomic E-state index is 0.764. The van der Waals surface area contributed by atoms with Crippen LogP contribution in [-0.2, 0) is 6.54 Å². The molecule has 20 heavy (non-hydrogen) atoms. The number of aryl methyl sites for hydroxylation is 1.